The van der Waals surface area contributed by atoms with Crippen LogP contribution in [0.4, 0.5) is 0 Å². The van der Waals surface area contributed by atoms with Gasteiger partial charge in [-0.15, -0.1) is 0 Å². The zero-order chi connectivity index (χ0) is 16.8. The Hall–Kier alpha value is -2.33. The molecule has 0 atom stereocenters. The molecule has 0 unspecified atom stereocenters. The Morgan fingerprint density at radius 3 is 2.29 bits per heavy atom. The smallest absolute Gasteiger partial charge is 0.260 e. The zero-order valence-electron chi connectivity index (χ0n) is 14.1. The molecule has 0 bridgehead atoms. The van der Waals surface area contributed by atoms with Crippen molar-refractivity contribution in [3.63, 3.8) is 0 Å². The normalized spacial score (nSPS) is 15.3. The summed E-state index contributed by atoms with van der Waals surface area (Å²) < 4.78 is 5.55. The second-order valence-corrected chi connectivity index (χ2v) is 6.24. The minimum Gasteiger partial charge on any atom is -0.484 e. The number of aryl methyl sites for hydroxylation is 1. The monoisotopic (exact) mass is 324 g/mol. The average Bonchev–Trinajstić information content (AvgIpc) is 2.63. The third kappa shape index (κ3) is 4.59. The first-order chi connectivity index (χ1) is 11.7. The Kier molecular flexibility index (Phi) is 5.49. The van der Waals surface area contributed by atoms with Crippen LogP contribution in [0.5, 0.6) is 5.75 Å². The third-order valence-corrected chi connectivity index (χ3v) is 4.36. The van der Waals surface area contributed by atoms with Gasteiger partial charge in [0.2, 0.25) is 0 Å². The molecule has 0 N–H and O–H groups in total. The molecule has 0 saturated carbocycles. The van der Waals surface area contributed by atoms with E-state index in [1.54, 1.807) is 0 Å². The molecule has 4 nitrogen and oxygen atoms in total. The summed E-state index contributed by atoms with van der Waals surface area (Å²) in [5.74, 6) is 0.803. The molecule has 1 amide bonds. The molecular weight excluding hydrogens is 300 g/mol. The van der Waals surface area contributed by atoms with Crippen molar-refractivity contribution in [1.82, 2.24) is 9.80 Å². The van der Waals surface area contributed by atoms with Gasteiger partial charge >= 0.3 is 0 Å². The van der Waals surface area contributed by atoms with E-state index in [0.29, 0.717) is 0 Å². The molecule has 1 aliphatic rings. The van der Waals surface area contributed by atoms with Gasteiger partial charge in [0.05, 0.1) is 0 Å². The minimum atomic E-state index is 0.0637. The lowest BCUT2D eigenvalue weighted by atomic mass is 10.1. The van der Waals surface area contributed by atoms with E-state index >= 15 is 0 Å². The standard InChI is InChI=1S/C20H24N2O2/c1-17-7-9-18(10-8-17)15-21-11-13-22(14-12-21)20(23)16-24-19-5-3-2-4-6-19/h2-10H,11-16H2,1H3. The van der Waals surface area contributed by atoms with Gasteiger partial charge in [-0.25, -0.2) is 0 Å². The Morgan fingerprint density at radius 1 is 0.958 bits per heavy atom. The Balaban J connectivity index is 1.42. The van der Waals surface area contributed by atoms with Gasteiger partial charge in [-0.1, -0.05) is 48.0 Å². The summed E-state index contributed by atoms with van der Waals surface area (Å²) in [6.07, 6.45) is 0. The first-order valence-corrected chi connectivity index (χ1v) is 8.44. The lowest BCUT2D eigenvalue weighted by molar-refractivity contribution is -0.135. The Bertz CT molecular complexity index is 647. The summed E-state index contributed by atoms with van der Waals surface area (Å²) >= 11 is 0. The summed E-state index contributed by atoms with van der Waals surface area (Å²) in [5, 5.41) is 0. The SMILES string of the molecule is Cc1ccc(CN2CCN(C(=O)COc3ccccc3)CC2)cc1. The average molecular weight is 324 g/mol. The van der Waals surface area contributed by atoms with Crippen LogP contribution in [0.2, 0.25) is 0 Å². The van der Waals surface area contributed by atoms with Crippen molar-refractivity contribution in [3.8, 4) is 5.75 Å². The Labute approximate surface area is 143 Å². The molecule has 0 spiro atoms. The summed E-state index contributed by atoms with van der Waals surface area (Å²) in [6, 6.07) is 18.1. The molecule has 4 heteroatoms. The summed E-state index contributed by atoms with van der Waals surface area (Å²) in [5.41, 5.74) is 2.61. The molecule has 0 aromatic heterocycles. The highest BCUT2D eigenvalue weighted by molar-refractivity contribution is 5.77. The fourth-order valence-electron chi connectivity index (χ4n) is 2.86. The van der Waals surface area contributed by atoms with Crippen molar-refractivity contribution in [2.75, 3.05) is 32.8 Å². The molecule has 1 fully saturated rings. The number of carbonyl (C=O) groups excluding carboxylic acids is 1. The zero-order valence-corrected chi connectivity index (χ0v) is 14.1. The van der Waals surface area contributed by atoms with Crippen molar-refractivity contribution in [3.05, 3.63) is 65.7 Å². The maximum atomic E-state index is 12.3. The highest BCUT2D eigenvalue weighted by Gasteiger charge is 2.21. The van der Waals surface area contributed by atoms with Crippen LogP contribution >= 0.6 is 0 Å². The van der Waals surface area contributed by atoms with Crippen molar-refractivity contribution >= 4 is 5.91 Å². The predicted octanol–water partition coefficient (Wildman–Crippen LogP) is 2.72. The van der Waals surface area contributed by atoms with Crippen LogP contribution in [0.25, 0.3) is 0 Å². The molecule has 1 aliphatic heterocycles. The molecule has 2 aromatic carbocycles. The van der Waals surface area contributed by atoms with E-state index in [2.05, 4.69) is 36.1 Å². The van der Waals surface area contributed by atoms with Crippen LogP contribution in [0.3, 0.4) is 0 Å². The number of carbonyl (C=O) groups is 1. The maximum absolute atomic E-state index is 12.3. The van der Waals surface area contributed by atoms with Crippen LogP contribution < -0.4 is 4.74 Å². The molecular formula is C20H24N2O2. The van der Waals surface area contributed by atoms with Gasteiger partial charge in [-0.3, -0.25) is 9.69 Å². The third-order valence-electron chi connectivity index (χ3n) is 4.36. The highest BCUT2D eigenvalue weighted by Crippen LogP contribution is 2.11. The number of hydrogen-bond donors (Lipinski definition) is 0. The number of nitrogens with zero attached hydrogens (tertiary/aromatic N) is 2. The van der Waals surface area contributed by atoms with Crippen molar-refractivity contribution in [1.29, 1.82) is 0 Å². The van der Waals surface area contributed by atoms with Crippen LogP contribution in [0.1, 0.15) is 11.1 Å². The molecule has 1 heterocycles. The summed E-state index contributed by atoms with van der Waals surface area (Å²) in [4.78, 5) is 16.5. The van der Waals surface area contributed by atoms with E-state index in [1.165, 1.54) is 11.1 Å². The van der Waals surface area contributed by atoms with E-state index in [1.807, 2.05) is 35.2 Å². The first kappa shape index (κ1) is 16.5. The van der Waals surface area contributed by atoms with Crippen LogP contribution in [-0.4, -0.2) is 48.5 Å². The number of benzene rings is 2. The lowest BCUT2D eigenvalue weighted by Gasteiger charge is -2.34. The van der Waals surface area contributed by atoms with E-state index in [-0.39, 0.29) is 12.5 Å². The molecule has 2 aromatic rings. The van der Waals surface area contributed by atoms with Gasteiger partial charge in [0, 0.05) is 32.7 Å². The van der Waals surface area contributed by atoms with Gasteiger partial charge < -0.3 is 9.64 Å². The van der Waals surface area contributed by atoms with Crippen LogP contribution in [-0.2, 0) is 11.3 Å². The number of para-hydroxylation sites is 1. The van der Waals surface area contributed by atoms with Crippen molar-refractivity contribution in [2.45, 2.75) is 13.5 Å². The van der Waals surface area contributed by atoms with Gasteiger partial charge in [0.25, 0.3) is 5.91 Å². The first-order valence-electron chi connectivity index (χ1n) is 8.44. The van der Waals surface area contributed by atoms with E-state index in [4.69, 9.17) is 4.74 Å². The number of ether oxygens (including phenoxy) is 1. The highest BCUT2D eigenvalue weighted by atomic mass is 16.5. The largest absolute Gasteiger partial charge is 0.484 e. The Morgan fingerprint density at radius 2 is 1.62 bits per heavy atom. The minimum absolute atomic E-state index is 0.0637. The summed E-state index contributed by atoms with van der Waals surface area (Å²) in [6.45, 7) is 6.51. The molecule has 24 heavy (non-hydrogen) atoms. The van der Waals surface area contributed by atoms with E-state index in [0.717, 1.165) is 38.5 Å². The fraction of sp³-hybridized carbons (Fsp3) is 0.350. The van der Waals surface area contributed by atoms with Crippen molar-refractivity contribution < 1.29 is 9.53 Å². The molecule has 3 rings (SSSR count). The van der Waals surface area contributed by atoms with Gasteiger partial charge in [-0.05, 0) is 24.6 Å². The number of hydrogen-bond acceptors (Lipinski definition) is 3. The number of piperazine rings is 1. The number of amides is 1. The second-order valence-electron chi connectivity index (χ2n) is 6.24. The van der Waals surface area contributed by atoms with Crippen molar-refractivity contribution in [2.24, 2.45) is 0 Å². The maximum Gasteiger partial charge on any atom is 0.260 e. The van der Waals surface area contributed by atoms with E-state index < -0.39 is 0 Å². The molecule has 0 aliphatic carbocycles. The second kappa shape index (κ2) is 7.97. The molecule has 1 saturated heterocycles. The molecule has 0 radical (unpaired) electrons. The lowest BCUT2D eigenvalue weighted by Crippen LogP contribution is -2.49. The van der Waals surface area contributed by atoms with Crippen LogP contribution in [0, 0.1) is 6.92 Å². The van der Waals surface area contributed by atoms with Gasteiger partial charge in [0.1, 0.15) is 5.75 Å². The predicted molar refractivity (Wildman–Crippen MR) is 95.0 cm³/mol. The van der Waals surface area contributed by atoms with Crippen LogP contribution in [0.15, 0.2) is 54.6 Å². The quantitative estimate of drug-likeness (QED) is 0.848. The topological polar surface area (TPSA) is 32.8 Å². The van der Waals surface area contributed by atoms with Gasteiger partial charge in [0.15, 0.2) is 6.61 Å². The van der Waals surface area contributed by atoms with Gasteiger partial charge in [-0.2, -0.15) is 0 Å². The van der Waals surface area contributed by atoms with E-state index in [9.17, 15) is 4.79 Å². The summed E-state index contributed by atoms with van der Waals surface area (Å²) in [7, 11) is 0. The number of rotatable bonds is 5. The molecule has 126 valence electrons. The fourth-order valence-corrected chi connectivity index (χ4v) is 2.86.